The van der Waals surface area contributed by atoms with E-state index >= 15 is 0 Å². The molecule has 0 saturated carbocycles. The van der Waals surface area contributed by atoms with Gasteiger partial charge in [-0.2, -0.15) is 5.26 Å². The third kappa shape index (κ3) is 7.06. The summed E-state index contributed by atoms with van der Waals surface area (Å²) in [5, 5.41) is 11.3. The van der Waals surface area contributed by atoms with Gasteiger partial charge in [0.05, 0.1) is 36.3 Å². The van der Waals surface area contributed by atoms with Gasteiger partial charge < -0.3 is 15.0 Å². The molecule has 0 unspecified atom stereocenters. The first kappa shape index (κ1) is 18.8. The second kappa shape index (κ2) is 10.5. The molecule has 0 fully saturated rings. The first-order chi connectivity index (χ1) is 11.1. The fourth-order valence-electron chi connectivity index (χ4n) is 1.72. The maximum Gasteiger partial charge on any atom is 0.234 e. The molecule has 0 aromatic heterocycles. The van der Waals surface area contributed by atoms with Crippen LogP contribution in [0.25, 0.3) is 0 Å². The lowest BCUT2D eigenvalue weighted by Crippen LogP contribution is -2.29. The number of carbonyl (C=O) groups excluding carboxylic acids is 2. The molecule has 1 aromatic rings. The van der Waals surface area contributed by atoms with Gasteiger partial charge in [0.25, 0.3) is 0 Å². The molecule has 7 heteroatoms. The van der Waals surface area contributed by atoms with Crippen LogP contribution in [0.1, 0.15) is 13.3 Å². The Morgan fingerprint density at radius 2 is 2.09 bits per heavy atom. The molecular formula is C16H21N3O3S. The summed E-state index contributed by atoms with van der Waals surface area (Å²) in [5.41, 5.74) is 0.623. The van der Waals surface area contributed by atoms with Gasteiger partial charge in [-0.3, -0.25) is 9.59 Å². The largest absolute Gasteiger partial charge is 0.492 e. The highest BCUT2D eigenvalue weighted by Gasteiger charge is 2.11. The van der Waals surface area contributed by atoms with E-state index in [0.29, 0.717) is 31.0 Å². The number of anilines is 1. The van der Waals surface area contributed by atoms with Gasteiger partial charge in [0.1, 0.15) is 5.75 Å². The molecule has 0 atom stereocenters. The van der Waals surface area contributed by atoms with Crippen LogP contribution in [-0.2, 0) is 9.59 Å². The summed E-state index contributed by atoms with van der Waals surface area (Å²) in [6.45, 7) is 2.80. The number of hydrogen-bond donors (Lipinski definition) is 1. The van der Waals surface area contributed by atoms with E-state index in [4.69, 9.17) is 10.00 Å². The molecule has 1 rings (SSSR count). The van der Waals surface area contributed by atoms with E-state index in [0.717, 1.165) is 0 Å². The van der Waals surface area contributed by atoms with Gasteiger partial charge in [0.2, 0.25) is 11.8 Å². The third-order valence-corrected chi connectivity index (χ3v) is 3.82. The van der Waals surface area contributed by atoms with Crippen LogP contribution in [0.4, 0.5) is 5.69 Å². The first-order valence-corrected chi connectivity index (χ1v) is 8.44. The zero-order valence-corrected chi connectivity index (χ0v) is 14.2. The second-order valence-corrected chi connectivity index (χ2v) is 5.68. The quantitative estimate of drug-likeness (QED) is 0.747. The van der Waals surface area contributed by atoms with Crippen molar-refractivity contribution in [1.82, 2.24) is 4.90 Å². The number of nitrogens with one attached hydrogen (secondary N) is 1. The van der Waals surface area contributed by atoms with E-state index < -0.39 is 0 Å². The first-order valence-electron chi connectivity index (χ1n) is 7.28. The maximum absolute atomic E-state index is 11.9. The summed E-state index contributed by atoms with van der Waals surface area (Å²) in [6, 6.07) is 9.21. The van der Waals surface area contributed by atoms with Crippen molar-refractivity contribution in [3.05, 3.63) is 24.3 Å². The molecule has 0 radical (unpaired) electrons. The maximum atomic E-state index is 11.9. The number of carbonyl (C=O) groups is 2. The van der Waals surface area contributed by atoms with E-state index in [1.807, 2.05) is 25.1 Å². The number of amides is 2. The van der Waals surface area contributed by atoms with Gasteiger partial charge in [-0.05, 0) is 19.1 Å². The summed E-state index contributed by atoms with van der Waals surface area (Å²) in [7, 11) is 1.65. The molecule has 0 aliphatic rings. The van der Waals surface area contributed by atoms with Gasteiger partial charge in [-0.15, -0.1) is 11.8 Å². The summed E-state index contributed by atoms with van der Waals surface area (Å²) in [4.78, 5) is 25.2. The van der Waals surface area contributed by atoms with Crippen LogP contribution in [0.3, 0.4) is 0 Å². The van der Waals surface area contributed by atoms with Crippen molar-refractivity contribution in [2.45, 2.75) is 13.3 Å². The summed E-state index contributed by atoms with van der Waals surface area (Å²) in [6.07, 6.45) is 0.307. The highest BCUT2D eigenvalue weighted by molar-refractivity contribution is 8.00. The van der Waals surface area contributed by atoms with Crippen LogP contribution < -0.4 is 10.1 Å². The third-order valence-electron chi connectivity index (χ3n) is 2.90. The van der Waals surface area contributed by atoms with Gasteiger partial charge in [0, 0.05) is 13.6 Å². The standard InChI is InChI=1S/C16H21N3O3S/c1-3-22-14-8-5-4-7-13(14)18-15(20)11-23-12-16(21)19(2)10-6-9-17/h4-5,7-8H,3,6,10-12H2,1-2H3,(H,18,20). The highest BCUT2D eigenvalue weighted by Crippen LogP contribution is 2.23. The van der Waals surface area contributed by atoms with Crippen molar-refractivity contribution in [3.63, 3.8) is 0 Å². The minimum absolute atomic E-state index is 0.0900. The van der Waals surface area contributed by atoms with Crippen molar-refractivity contribution in [3.8, 4) is 11.8 Å². The van der Waals surface area contributed by atoms with Crippen molar-refractivity contribution >= 4 is 29.3 Å². The molecule has 23 heavy (non-hydrogen) atoms. The SMILES string of the molecule is CCOc1ccccc1NC(=O)CSCC(=O)N(C)CCC#N. The van der Waals surface area contributed by atoms with Crippen molar-refractivity contribution in [2.75, 3.05) is 37.0 Å². The Hall–Kier alpha value is -2.20. The Balaban J connectivity index is 2.38. The van der Waals surface area contributed by atoms with E-state index in [9.17, 15) is 9.59 Å². The smallest absolute Gasteiger partial charge is 0.234 e. The Kier molecular flexibility index (Phi) is 8.62. The fourth-order valence-corrected chi connectivity index (χ4v) is 2.48. The Labute approximate surface area is 140 Å². The van der Waals surface area contributed by atoms with Crippen LogP contribution in [0.15, 0.2) is 24.3 Å². The van der Waals surface area contributed by atoms with Crippen molar-refractivity contribution in [2.24, 2.45) is 0 Å². The Morgan fingerprint density at radius 1 is 1.35 bits per heavy atom. The molecule has 1 N–H and O–H groups in total. The monoisotopic (exact) mass is 335 g/mol. The van der Waals surface area contributed by atoms with Crippen molar-refractivity contribution < 1.29 is 14.3 Å². The van der Waals surface area contributed by atoms with Crippen LogP contribution >= 0.6 is 11.8 Å². The summed E-state index contributed by atoms with van der Waals surface area (Å²) >= 11 is 1.24. The lowest BCUT2D eigenvalue weighted by molar-refractivity contribution is -0.127. The Morgan fingerprint density at radius 3 is 2.78 bits per heavy atom. The van der Waals surface area contributed by atoms with Gasteiger partial charge >= 0.3 is 0 Å². The topological polar surface area (TPSA) is 82.4 Å². The normalized spacial score (nSPS) is 9.78. The number of para-hydroxylation sites is 2. The molecule has 124 valence electrons. The summed E-state index contributed by atoms with van der Waals surface area (Å²) < 4.78 is 5.44. The number of nitrogens with zero attached hydrogens (tertiary/aromatic N) is 2. The van der Waals surface area contributed by atoms with Crippen LogP contribution in [0.2, 0.25) is 0 Å². The van der Waals surface area contributed by atoms with E-state index in [1.54, 1.807) is 19.2 Å². The summed E-state index contributed by atoms with van der Waals surface area (Å²) in [5.74, 6) is 0.740. The number of ether oxygens (including phenoxy) is 1. The predicted molar refractivity (Wildman–Crippen MR) is 91.4 cm³/mol. The number of benzene rings is 1. The average molecular weight is 335 g/mol. The number of hydrogen-bond acceptors (Lipinski definition) is 5. The number of thioether (sulfide) groups is 1. The van der Waals surface area contributed by atoms with Gasteiger partial charge in [0.15, 0.2) is 0 Å². The van der Waals surface area contributed by atoms with E-state index in [-0.39, 0.29) is 23.3 Å². The number of rotatable bonds is 9. The second-order valence-electron chi connectivity index (χ2n) is 4.69. The van der Waals surface area contributed by atoms with Gasteiger partial charge in [-0.25, -0.2) is 0 Å². The molecule has 0 bridgehead atoms. The zero-order chi connectivity index (χ0) is 17.1. The van der Waals surface area contributed by atoms with E-state index in [1.165, 1.54) is 16.7 Å². The van der Waals surface area contributed by atoms with Gasteiger partial charge in [-0.1, -0.05) is 12.1 Å². The van der Waals surface area contributed by atoms with Crippen LogP contribution in [0, 0.1) is 11.3 Å². The molecule has 6 nitrogen and oxygen atoms in total. The molecule has 1 aromatic carbocycles. The van der Waals surface area contributed by atoms with Crippen LogP contribution in [-0.4, -0.2) is 48.4 Å². The zero-order valence-electron chi connectivity index (χ0n) is 13.4. The highest BCUT2D eigenvalue weighted by atomic mass is 32.2. The Bertz CT molecular complexity index is 572. The molecule has 2 amide bonds. The molecule has 0 aliphatic carbocycles. The average Bonchev–Trinajstić information content (AvgIpc) is 2.54. The van der Waals surface area contributed by atoms with Crippen LogP contribution in [0.5, 0.6) is 5.75 Å². The molecule has 0 spiro atoms. The predicted octanol–water partition coefficient (Wildman–Crippen LogP) is 2.13. The molecule has 0 heterocycles. The van der Waals surface area contributed by atoms with E-state index in [2.05, 4.69) is 5.32 Å². The minimum Gasteiger partial charge on any atom is -0.492 e. The van der Waals surface area contributed by atoms with Crippen molar-refractivity contribution in [1.29, 1.82) is 5.26 Å². The molecule has 0 aliphatic heterocycles. The minimum atomic E-state index is -0.186. The lowest BCUT2D eigenvalue weighted by atomic mass is 10.3. The molecular weight excluding hydrogens is 314 g/mol. The fraction of sp³-hybridized carbons (Fsp3) is 0.438. The number of nitriles is 1. The lowest BCUT2D eigenvalue weighted by Gasteiger charge is -2.15. The molecule has 0 saturated heterocycles.